The Bertz CT molecular complexity index is 192. The number of hydrogen-bond donors (Lipinski definition) is 0. The molecule has 2 heteroatoms. The molecule has 0 spiro atoms. The number of nitrogens with zero attached hydrogens (tertiary/aromatic N) is 1. The molecule has 1 fully saturated rings. The van der Waals surface area contributed by atoms with E-state index in [2.05, 4.69) is 37.9 Å². The van der Waals surface area contributed by atoms with Crippen molar-refractivity contribution in [3.05, 3.63) is 12.3 Å². The van der Waals surface area contributed by atoms with Gasteiger partial charge in [0.05, 0.1) is 8.07 Å². The summed E-state index contributed by atoms with van der Waals surface area (Å²) >= 11 is 0. The summed E-state index contributed by atoms with van der Waals surface area (Å²) in [6.45, 7) is 9.67. The van der Waals surface area contributed by atoms with E-state index in [-0.39, 0.29) is 0 Å². The van der Waals surface area contributed by atoms with Crippen molar-refractivity contribution in [2.45, 2.75) is 64.2 Å². The van der Waals surface area contributed by atoms with E-state index in [1.165, 1.54) is 38.4 Å². The summed E-state index contributed by atoms with van der Waals surface area (Å²) in [6, 6.07) is 6.05. The third-order valence-electron chi connectivity index (χ3n) is 3.69. The van der Waals surface area contributed by atoms with Crippen molar-refractivity contribution in [3.8, 4) is 0 Å². The number of hydrogen-bond acceptors (Lipinski definition) is 1. The van der Waals surface area contributed by atoms with Crippen LogP contribution in [0.2, 0.25) is 24.2 Å². The van der Waals surface area contributed by atoms with Gasteiger partial charge in [-0.1, -0.05) is 64.2 Å². The third-order valence-corrected chi connectivity index (χ3v) is 9.47. The Hall–Kier alpha value is -0.243. The van der Waals surface area contributed by atoms with Crippen LogP contribution in [0.25, 0.3) is 0 Å². The molecule has 0 radical (unpaired) electrons. The van der Waals surface area contributed by atoms with E-state index in [0.717, 1.165) is 0 Å². The molecular weight excluding hydrogens is 210 g/mol. The minimum Gasteiger partial charge on any atom is -0.374 e. The maximum Gasteiger partial charge on any atom is 0.0573 e. The Labute approximate surface area is 103 Å². The lowest BCUT2D eigenvalue weighted by Crippen LogP contribution is -2.32. The van der Waals surface area contributed by atoms with Gasteiger partial charge in [-0.15, -0.1) is 0 Å². The van der Waals surface area contributed by atoms with Crippen LogP contribution < -0.4 is 0 Å². The molecule has 0 aromatic heterocycles. The Balaban J connectivity index is 2.49. The van der Waals surface area contributed by atoms with Gasteiger partial charge in [0.15, 0.2) is 0 Å². The molecule has 0 saturated carbocycles. The smallest absolute Gasteiger partial charge is 0.0573 e. The largest absolute Gasteiger partial charge is 0.374 e. The lowest BCUT2D eigenvalue weighted by atomic mass is 10.5. The Morgan fingerprint density at radius 3 is 1.81 bits per heavy atom. The van der Waals surface area contributed by atoms with Crippen molar-refractivity contribution >= 4 is 8.07 Å². The first-order valence-corrected chi connectivity index (χ1v) is 10.00. The predicted octanol–water partition coefficient (Wildman–Crippen LogP) is 4.49. The Morgan fingerprint density at radius 2 is 1.44 bits per heavy atom. The van der Waals surface area contributed by atoms with Crippen LogP contribution in [0.1, 0.15) is 40.0 Å². The fraction of sp³-hybridized carbons (Fsp3) is 0.857. The van der Waals surface area contributed by atoms with Crippen LogP contribution in [0.5, 0.6) is 0 Å². The van der Waals surface area contributed by atoms with Crippen LogP contribution >= 0.6 is 0 Å². The monoisotopic (exact) mass is 239 g/mol. The Morgan fingerprint density at radius 1 is 0.938 bits per heavy atom. The molecule has 1 aliphatic rings. The lowest BCUT2D eigenvalue weighted by molar-refractivity contribution is 0.769. The number of allylic oxidation sites excluding steroid dienone is 1. The van der Waals surface area contributed by atoms with Crippen LogP contribution in [0.15, 0.2) is 12.3 Å². The van der Waals surface area contributed by atoms with Crippen molar-refractivity contribution in [1.29, 1.82) is 0 Å². The minimum absolute atomic E-state index is 0.948. The molecule has 0 amide bonds. The highest BCUT2D eigenvalue weighted by Crippen LogP contribution is 2.30. The molecule has 1 saturated heterocycles. The molecule has 1 aliphatic heterocycles. The molecular formula is C14H29NSi. The van der Waals surface area contributed by atoms with Gasteiger partial charge >= 0.3 is 0 Å². The first kappa shape index (κ1) is 13.8. The van der Waals surface area contributed by atoms with Crippen molar-refractivity contribution in [2.75, 3.05) is 13.1 Å². The van der Waals surface area contributed by atoms with Gasteiger partial charge in [-0.05, 0) is 12.2 Å². The van der Waals surface area contributed by atoms with Crippen molar-refractivity contribution in [2.24, 2.45) is 0 Å². The van der Waals surface area contributed by atoms with E-state index in [1.54, 1.807) is 18.1 Å². The van der Waals surface area contributed by atoms with Crippen LogP contribution in [-0.2, 0) is 0 Å². The van der Waals surface area contributed by atoms with Crippen molar-refractivity contribution < 1.29 is 0 Å². The van der Waals surface area contributed by atoms with E-state index in [4.69, 9.17) is 0 Å². The maximum atomic E-state index is 2.49. The van der Waals surface area contributed by atoms with E-state index >= 15 is 0 Å². The molecule has 16 heavy (non-hydrogen) atoms. The molecule has 0 bridgehead atoms. The van der Waals surface area contributed by atoms with Crippen LogP contribution in [-0.4, -0.2) is 26.1 Å². The average Bonchev–Trinajstić information content (AvgIpc) is 3.03. The highest BCUT2D eigenvalue weighted by molar-refractivity contribution is 6.80. The summed E-state index contributed by atoms with van der Waals surface area (Å²) in [6.07, 6.45) is 9.01. The van der Waals surface area contributed by atoms with Gasteiger partial charge in [0, 0.05) is 13.1 Å². The highest BCUT2D eigenvalue weighted by atomic mass is 28.3. The van der Waals surface area contributed by atoms with E-state index in [9.17, 15) is 0 Å². The van der Waals surface area contributed by atoms with Crippen molar-refractivity contribution in [1.82, 2.24) is 4.90 Å². The fourth-order valence-corrected chi connectivity index (χ4v) is 8.08. The quantitative estimate of drug-likeness (QED) is 0.423. The highest BCUT2D eigenvalue weighted by Gasteiger charge is 2.28. The summed E-state index contributed by atoms with van der Waals surface area (Å²) in [7, 11) is -0.948. The van der Waals surface area contributed by atoms with Crippen LogP contribution in [0.3, 0.4) is 0 Å². The third kappa shape index (κ3) is 4.73. The molecule has 0 aromatic rings. The molecule has 0 unspecified atom stereocenters. The second-order valence-corrected chi connectivity index (χ2v) is 10.3. The zero-order valence-corrected chi connectivity index (χ0v) is 12.5. The Kier molecular flexibility index (Phi) is 6.18. The SMILES string of the molecule is CCC[Si](CC=CN1CC1)(CCC)CCC. The minimum atomic E-state index is -0.948. The van der Waals surface area contributed by atoms with Crippen LogP contribution in [0, 0.1) is 0 Å². The molecule has 0 aromatic carbocycles. The maximum absolute atomic E-state index is 2.49. The van der Waals surface area contributed by atoms with Gasteiger partial charge < -0.3 is 4.90 Å². The van der Waals surface area contributed by atoms with Gasteiger partial charge in [-0.3, -0.25) is 0 Å². The van der Waals surface area contributed by atoms with Crippen LogP contribution in [0.4, 0.5) is 0 Å². The van der Waals surface area contributed by atoms with Gasteiger partial charge in [-0.2, -0.15) is 0 Å². The molecule has 0 N–H and O–H groups in total. The molecule has 0 atom stereocenters. The zero-order valence-electron chi connectivity index (χ0n) is 11.5. The second kappa shape index (κ2) is 7.15. The predicted molar refractivity (Wildman–Crippen MR) is 76.6 cm³/mol. The first-order valence-electron chi connectivity index (χ1n) is 7.17. The summed E-state index contributed by atoms with van der Waals surface area (Å²) < 4.78 is 0. The molecule has 1 nitrogen and oxygen atoms in total. The van der Waals surface area contributed by atoms with E-state index in [1.807, 2.05) is 0 Å². The summed E-state index contributed by atoms with van der Waals surface area (Å²) in [5.74, 6) is 0. The summed E-state index contributed by atoms with van der Waals surface area (Å²) in [5.41, 5.74) is 0. The van der Waals surface area contributed by atoms with Gasteiger partial charge in [0.1, 0.15) is 0 Å². The van der Waals surface area contributed by atoms with Gasteiger partial charge in [0.25, 0.3) is 0 Å². The van der Waals surface area contributed by atoms with E-state index in [0.29, 0.717) is 0 Å². The van der Waals surface area contributed by atoms with Gasteiger partial charge in [0.2, 0.25) is 0 Å². The fourth-order valence-electron chi connectivity index (χ4n) is 2.93. The molecule has 0 aliphatic carbocycles. The first-order chi connectivity index (χ1) is 7.76. The van der Waals surface area contributed by atoms with Crippen molar-refractivity contribution in [3.63, 3.8) is 0 Å². The standard InChI is InChI=1S/C14H29NSi/c1-4-11-16(12-5-2,13-6-3)14-7-8-15-9-10-15/h7-8H,4-6,9-14H2,1-3H3. The molecule has 1 heterocycles. The second-order valence-electron chi connectivity index (χ2n) is 5.37. The van der Waals surface area contributed by atoms with E-state index < -0.39 is 8.07 Å². The number of rotatable bonds is 9. The zero-order chi connectivity index (χ0) is 11.9. The summed E-state index contributed by atoms with van der Waals surface area (Å²) in [4.78, 5) is 2.41. The van der Waals surface area contributed by atoms with Gasteiger partial charge in [-0.25, -0.2) is 0 Å². The molecule has 94 valence electrons. The molecule has 1 rings (SSSR count). The average molecular weight is 239 g/mol. The lowest BCUT2D eigenvalue weighted by Gasteiger charge is -2.30. The topological polar surface area (TPSA) is 3.01 Å². The summed E-state index contributed by atoms with van der Waals surface area (Å²) in [5, 5.41) is 0. The normalized spacial score (nSPS) is 16.1.